The zero-order chi connectivity index (χ0) is 13.0. The largest absolute Gasteiger partial charge is 0.367 e. The zero-order valence-corrected chi connectivity index (χ0v) is 9.88. The van der Waals surface area contributed by atoms with Gasteiger partial charge in [-0.1, -0.05) is 0 Å². The first-order valence-corrected chi connectivity index (χ1v) is 5.46. The third kappa shape index (κ3) is 2.82. The van der Waals surface area contributed by atoms with E-state index in [9.17, 15) is 9.59 Å². The van der Waals surface area contributed by atoms with Crippen molar-refractivity contribution in [1.82, 2.24) is 25.1 Å². The Labute approximate surface area is 103 Å². The lowest BCUT2D eigenvalue weighted by molar-refractivity contribution is 0.0952. The molecule has 0 saturated carbocycles. The van der Waals surface area contributed by atoms with E-state index in [1.54, 1.807) is 18.1 Å². The average molecular weight is 247 g/mol. The van der Waals surface area contributed by atoms with Gasteiger partial charge in [0.05, 0.1) is 0 Å². The molecule has 2 N–H and O–H groups in total. The van der Waals surface area contributed by atoms with E-state index in [1.807, 2.05) is 0 Å². The summed E-state index contributed by atoms with van der Waals surface area (Å²) >= 11 is 0. The van der Waals surface area contributed by atoms with Crippen molar-refractivity contribution in [2.75, 3.05) is 6.54 Å². The van der Waals surface area contributed by atoms with E-state index in [0.29, 0.717) is 18.8 Å². The number of carbonyl (C=O) groups excluding carboxylic acids is 1. The van der Waals surface area contributed by atoms with Gasteiger partial charge in [-0.15, -0.1) is 0 Å². The lowest BCUT2D eigenvalue weighted by atomic mass is 10.2. The minimum atomic E-state index is -0.396. The van der Waals surface area contributed by atoms with Crippen LogP contribution in [0.1, 0.15) is 16.2 Å². The van der Waals surface area contributed by atoms with Crippen molar-refractivity contribution in [1.29, 1.82) is 0 Å². The Balaban J connectivity index is 1.89. The molecule has 0 saturated heterocycles. The fourth-order valence-corrected chi connectivity index (χ4v) is 1.48. The first kappa shape index (κ1) is 12.0. The molecule has 7 nitrogen and oxygen atoms in total. The van der Waals surface area contributed by atoms with Crippen LogP contribution in [-0.4, -0.2) is 32.2 Å². The second-order valence-electron chi connectivity index (χ2n) is 3.76. The molecule has 0 aromatic carbocycles. The van der Waals surface area contributed by atoms with Gasteiger partial charge in [-0.2, -0.15) is 5.10 Å². The van der Waals surface area contributed by atoms with Crippen molar-refractivity contribution in [3.8, 4) is 0 Å². The highest BCUT2D eigenvalue weighted by molar-refractivity contribution is 5.93. The highest BCUT2D eigenvalue weighted by Gasteiger charge is 2.08. The number of aromatic amines is 1. The van der Waals surface area contributed by atoms with Gasteiger partial charge in [0.2, 0.25) is 0 Å². The van der Waals surface area contributed by atoms with Crippen molar-refractivity contribution in [2.24, 2.45) is 7.05 Å². The minimum Gasteiger partial charge on any atom is -0.367 e. The van der Waals surface area contributed by atoms with E-state index in [-0.39, 0.29) is 11.0 Å². The molecule has 1 amide bonds. The van der Waals surface area contributed by atoms with Crippen molar-refractivity contribution in [2.45, 2.75) is 6.42 Å². The summed E-state index contributed by atoms with van der Waals surface area (Å²) in [5.74, 6) is 0.257. The maximum atomic E-state index is 11.7. The van der Waals surface area contributed by atoms with Crippen LogP contribution in [0.5, 0.6) is 0 Å². The van der Waals surface area contributed by atoms with Crippen LogP contribution in [0.3, 0.4) is 0 Å². The van der Waals surface area contributed by atoms with Gasteiger partial charge in [-0.05, 0) is 0 Å². The van der Waals surface area contributed by atoms with Gasteiger partial charge in [-0.25, -0.2) is 4.98 Å². The predicted octanol–water partition coefficient (Wildman–Crippen LogP) is -0.524. The fraction of sp³-hybridized carbons (Fsp3) is 0.273. The van der Waals surface area contributed by atoms with E-state index in [4.69, 9.17) is 0 Å². The van der Waals surface area contributed by atoms with Crippen LogP contribution in [-0.2, 0) is 13.5 Å². The molecule has 2 aromatic rings. The summed E-state index contributed by atoms with van der Waals surface area (Å²) in [4.78, 5) is 29.8. The van der Waals surface area contributed by atoms with Crippen molar-refractivity contribution in [3.05, 3.63) is 46.4 Å². The smallest absolute Gasteiger partial charge is 0.256 e. The molecule has 0 unspecified atom stereocenters. The Morgan fingerprint density at radius 2 is 2.39 bits per heavy atom. The maximum absolute atomic E-state index is 11.7. The minimum absolute atomic E-state index is 0.103. The third-order valence-corrected chi connectivity index (χ3v) is 2.35. The highest BCUT2D eigenvalue weighted by Crippen LogP contribution is 1.91. The van der Waals surface area contributed by atoms with Crippen LogP contribution in [0.15, 0.2) is 29.6 Å². The van der Waals surface area contributed by atoms with Gasteiger partial charge in [0.25, 0.3) is 5.91 Å². The lowest BCUT2D eigenvalue weighted by Gasteiger charge is -2.02. The van der Waals surface area contributed by atoms with Crippen molar-refractivity contribution in [3.63, 3.8) is 0 Å². The molecule has 0 aliphatic rings. The summed E-state index contributed by atoms with van der Waals surface area (Å²) in [6.07, 6.45) is 4.99. The average Bonchev–Trinajstić information content (AvgIpc) is 2.75. The summed E-state index contributed by atoms with van der Waals surface area (Å²) in [5.41, 5.74) is -0.200. The number of pyridine rings is 1. The predicted molar refractivity (Wildman–Crippen MR) is 64.1 cm³/mol. The number of aromatic nitrogens is 4. The fourth-order valence-electron chi connectivity index (χ4n) is 1.48. The number of nitrogens with zero attached hydrogens (tertiary/aromatic N) is 3. The summed E-state index contributed by atoms with van der Waals surface area (Å²) in [6.45, 7) is 0.386. The lowest BCUT2D eigenvalue weighted by Crippen LogP contribution is -2.30. The summed E-state index contributed by atoms with van der Waals surface area (Å²) in [7, 11) is 1.78. The number of carbonyl (C=O) groups is 1. The Hall–Kier alpha value is -2.44. The molecule has 0 fully saturated rings. The zero-order valence-electron chi connectivity index (χ0n) is 9.88. The van der Waals surface area contributed by atoms with Crippen molar-refractivity contribution >= 4 is 5.91 Å². The molecule has 0 aliphatic heterocycles. The number of nitrogens with one attached hydrogen (secondary N) is 2. The van der Waals surface area contributed by atoms with Crippen LogP contribution < -0.4 is 10.7 Å². The van der Waals surface area contributed by atoms with Gasteiger partial charge >= 0.3 is 0 Å². The standard InChI is InChI=1S/C11H13N5O2/c1-16-7-14-10(15-16)3-5-13-11(18)8-6-12-4-2-9(8)17/h2,4,6-7H,3,5H2,1H3,(H,12,17)(H,13,18). The molecule has 0 aliphatic carbocycles. The SMILES string of the molecule is Cn1cnc(CCNC(=O)c2c[nH]ccc2=O)n1. The highest BCUT2D eigenvalue weighted by atomic mass is 16.2. The first-order valence-electron chi connectivity index (χ1n) is 5.46. The molecule has 0 radical (unpaired) electrons. The number of hydrogen-bond donors (Lipinski definition) is 2. The number of hydrogen-bond acceptors (Lipinski definition) is 4. The Morgan fingerprint density at radius 1 is 1.56 bits per heavy atom. The Kier molecular flexibility index (Phi) is 3.52. The second kappa shape index (κ2) is 5.26. The van der Waals surface area contributed by atoms with Crippen molar-refractivity contribution < 1.29 is 4.79 Å². The molecule has 18 heavy (non-hydrogen) atoms. The van der Waals surface area contributed by atoms with E-state index in [1.165, 1.54) is 18.5 Å². The normalized spacial score (nSPS) is 10.3. The Bertz CT molecular complexity index is 601. The van der Waals surface area contributed by atoms with Gasteiger partial charge in [0, 0.05) is 38.5 Å². The van der Waals surface area contributed by atoms with Crippen LogP contribution in [0.4, 0.5) is 0 Å². The maximum Gasteiger partial charge on any atom is 0.256 e. The summed E-state index contributed by atoms with van der Waals surface area (Å²) in [5, 5.41) is 6.73. The molecule has 2 heterocycles. The van der Waals surface area contributed by atoms with Gasteiger partial charge < -0.3 is 10.3 Å². The van der Waals surface area contributed by atoms with Crippen LogP contribution in [0, 0.1) is 0 Å². The number of rotatable bonds is 4. The van der Waals surface area contributed by atoms with Crippen LogP contribution >= 0.6 is 0 Å². The second-order valence-corrected chi connectivity index (χ2v) is 3.76. The third-order valence-electron chi connectivity index (χ3n) is 2.35. The topological polar surface area (TPSA) is 92.7 Å². The summed E-state index contributed by atoms with van der Waals surface area (Å²) in [6, 6.07) is 1.31. The van der Waals surface area contributed by atoms with Gasteiger partial charge in [-0.3, -0.25) is 14.3 Å². The van der Waals surface area contributed by atoms with E-state index in [0.717, 1.165) is 0 Å². The van der Waals surface area contributed by atoms with Crippen LogP contribution in [0.2, 0.25) is 0 Å². The molecule has 2 rings (SSSR count). The summed E-state index contributed by atoms with van der Waals surface area (Å²) < 4.78 is 1.60. The van der Waals surface area contributed by atoms with Gasteiger partial charge in [0.1, 0.15) is 11.9 Å². The van der Waals surface area contributed by atoms with E-state index < -0.39 is 5.91 Å². The van der Waals surface area contributed by atoms with E-state index >= 15 is 0 Å². The van der Waals surface area contributed by atoms with E-state index in [2.05, 4.69) is 20.4 Å². The molecular formula is C11H13N5O2. The van der Waals surface area contributed by atoms with Crippen LogP contribution in [0.25, 0.3) is 0 Å². The quantitative estimate of drug-likeness (QED) is 0.760. The number of amides is 1. The van der Waals surface area contributed by atoms with Gasteiger partial charge in [0.15, 0.2) is 11.3 Å². The monoisotopic (exact) mass is 247 g/mol. The molecule has 7 heteroatoms. The first-order chi connectivity index (χ1) is 8.66. The number of H-pyrrole nitrogens is 1. The number of aryl methyl sites for hydroxylation is 1. The molecule has 0 bridgehead atoms. The Morgan fingerprint density at radius 3 is 3.06 bits per heavy atom. The molecular weight excluding hydrogens is 234 g/mol. The molecule has 0 atom stereocenters. The molecule has 0 spiro atoms. The molecule has 2 aromatic heterocycles. The molecule has 94 valence electrons.